The van der Waals surface area contributed by atoms with Crippen LogP contribution in [-0.2, 0) is 16.3 Å². The van der Waals surface area contributed by atoms with Crippen LogP contribution in [0.5, 0.6) is 0 Å². The molecule has 0 bridgehead atoms. The maximum absolute atomic E-state index is 9.94. The van der Waals surface area contributed by atoms with E-state index in [2.05, 4.69) is 9.59 Å². The Morgan fingerprint density at radius 1 is 1.70 bits per heavy atom. The lowest BCUT2D eigenvalue weighted by Crippen LogP contribution is -1.95. The van der Waals surface area contributed by atoms with Crippen molar-refractivity contribution in [2.45, 2.75) is 12.8 Å². The van der Waals surface area contributed by atoms with Gasteiger partial charge in [0.15, 0.2) is 0 Å². The number of hydrogen-bond donors (Lipinski definition) is 0. The van der Waals surface area contributed by atoms with Crippen molar-refractivity contribution >= 4 is 17.5 Å². The van der Waals surface area contributed by atoms with Crippen molar-refractivity contribution in [3.8, 4) is 0 Å². The molecule has 0 aliphatic heterocycles. The zero-order chi connectivity index (χ0) is 7.40. The normalized spacial score (nSPS) is 9.60. The van der Waals surface area contributed by atoms with Crippen LogP contribution in [0.4, 0.5) is 0 Å². The molecule has 1 aromatic heterocycles. The fourth-order valence-corrected chi connectivity index (χ4v) is 1.01. The molecule has 0 amide bonds. The standard InChI is InChI=1S/C5H5N2O2S/c8-5(9)2-1-4-3-10-7-6-4/h3H,1-2H2. The molecule has 0 atom stereocenters. The maximum Gasteiger partial charge on any atom is 0.355 e. The molecule has 0 N–H and O–H groups in total. The summed E-state index contributed by atoms with van der Waals surface area (Å²) in [5.74, 6) is -1.05. The smallest absolute Gasteiger partial charge is 0.247 e. The van der Waals surface area contributed by atoms with Gasteiger partial charge in [-0.25, -0.2) is 9.90 Å². The van der Waals surface area contributed by atoms with Gasteiger partial charge in [0.2, 0.25) is 0 Å². The third-order valence-electron chi connectivity index (χ3n) is 0.990. The molecule has 0 unspecified atom stereocenters. The zero-order valence-electron chi connectivity index (χ0n) is 5.11. The Balaban J connectivity index is 2.35. The predicted molar refractivity (Wildman–Crippen MR) is 33.9 cm³/mol. The van der Waals surface area contributed by atoms with Crippen LogP contribution in [0.1, 0.15) is 12.1 Å². The van der Waals surface area contributed by atoms with Gasteiger partial charge >= 0.3 is 5.97 Å². The van der Waals surface area contributed by atoms with Crippen molar-refractivity contribution in [2.75, 3.05) is 0 Å². The average Bonchev–Trinajstić information content (AvgIpc) is 2.34. The molecule has 4 nitrogen and oxygen atoms in total. The number of aryl methyl sites for hydroxylation is 1. The second-order valence-electron chi connectivity index (χ2n) is 1.77. The van der Waals surface area contributed by atoms with Crippen LogP contribution in [0.15, 0.2) is 5.38 Å². The zero-order valence-corrected chi connectivity index (χ0v) is 5.93. The van der Waals surface area contributed by atoms with E-state index >= 15 is 0 Å². The third-order valence-corrected chi connectivity index (χ3v) is 1.54. The first-order valence-corrected chi connectivity index (χ1v) is 3.58. The summed E-state index contributed by atoms with van der Waals surface area (Å²) in [7, 11) is 0. The summed E-state index contributed by atoms with van der Waals surface area (Å²) in [5.41, 5.74) is 0.717. The largest absolute Gasteiger partial charge is 0.355 e. The molecule has 5 heteroatoms. The van der Waals surface area contributed by atoms with Crippen LogP contribution in [0.3, 0.4) is 0 Å². The highest BCUT2D eigenvalue weighted by atomic mass is 32.1. The van der Waals surface area contributed by atoms with Gasteiger partial charge in [0.1, 0.15) is 0 Å². The van der Waals surface area contributed by atoms with Gasteiger partial charge < -0.3 is 0 Å². The molecule has 0 spiro atoms. The highest BCUT2D eigenvalue weighted by Crippen LogP contribution is 2.00. The van der Waals surface area contributed by atoms with E-state index in [9.17, 15) is 9.90 Å². The number of rotatable bonds is 3. The van der Waals surface area contributed by atoms with Crippen LogP contribution in [0.25, 0.3) is 0 Å². The fourth-order valence-electron chi connectivity index (χ4n) is 0.523. The highest BCUT2D eigenvalue weighted by molar-refractivity contribution is 7.03. The van der Waals surface area contributed by atoms with Crippen LogP contribution < -0.4 is 0 Å². The molecule has 0 fully saturated rings. The van der Waals surface area contributed by atoms with Gasteiger partial charge in [0.05, 0.1) is 12.1 Å². The van der Waals surface area contributed by atoms with E-state index in [4.69, 9.17) is 0 Å². The first-order valence-electron chi connectivity index (χ1n) is 2.75. The van der Waals surface area contributed by atoms with Crippen molar-refractivity contribution in [3.05, 3.63) is 11.1 Å². The van der Waals surface area contributed by atoms with Crippen LogP contribution >= 0.6 is 11.5 Å². The summed E-state index contributed by atoms with van der Waals surface area (Å²) in [6, 6.07) is 0. The van der Waals surface area contributed by atoms with Crippen LogP contribution in [0, 0.1) is 0 Å². The SMILES string of the molecule is [O]C(=O)CCc1csnn1. The van der Waals surface area contributed by atoms with Crippen molar-refractivity contribution < 1.29 is 9.90 Å². The number of carbonyl (C=O) groups is 1. The topological polar surface area (TPSA) is 62.8 Å². The number of carbonyl (C=O) groups excluding carboxylic acids is 1. The quantitative estimate of drug-likeness (QED) is 0.639. The van der Waals surface area contributed by atoms with Gasteiger partial charge in [-0.3, -0.25) is 0 Å². The molecule has 53 valence electrons. The first-order chi connectivity index (χ1) is 4.79. The van der Waals surface area contributed by atoms with Gasteiger partial charge in [0, 0.05) is 11.8 Å². The fraction of sp³-hybridized carbons (Fsp3) is 0.400. The Morgan fingerprint density at radius 2 is 2.50 bits per heavy atom. The Kier molecular flexibility index (Phi) is 2.33. The monoisotopic (exact) mass is 157 g/mol. The second kappa shape index (κ2) is 3.26. The minimum atomic E-state index is -1.05. The minimum Gasteiger partial charge on any atom is -0.247 e. The molecular weight excluding hydrogens is 152 g/mol. The summed E-state index contributed by atoms with van der Waals surface area (Å²) in [4.78, 5) is 9.94. The number of nitrogens with zero attached hydrogens (tertiary/aromatic N) is 2. The predicted octanol–water partition coefficient (Wildman–Crippen LogP) is 0.428. The lowest BCUT2D eigenvalue weighted by molar-refractivity contribution is -0.143. The Morgan fingerprint density at radius 3 is 3.00 bits per heavy atom. The van der Waals surface area contributed by atoms with E-state index in [1.807, 2.05) is 0 Å². The van der Waals surface area contributed by atoms with E-state index < -0.39 is 5.97 Å². The van der Waals surface area contributed by atoms with Gasteiger partial charge in [-0.2, -0.15) is 0 Å². The van der Waals surface area contributed by atoms with Crippen molar-refractivity contribution in [1.82, 2.24) is 9.59 Å². The van der Waals surface area contributed by atoms with Crippen molar-refractivity contribution in [3.63, 3.8) is 0 Å². The second-order valence-corrected chi connectivity index (χ2v) is 2.38. The molecule has 1 radical (unpaired) electrons. The molecule has 0 saturated heterocycles. The Hall–Kier alpha value is -0.970. The van der Waals surface area contributed by atoms with E-state index in [0.717, 1.165) is 0 Å². The molecule has 0 aliphatic rings. The highest BCUT2D eigenvalue weighted by Gasteiger charge is 2.01. The summed E-state index contributed by atoms with van der Waals surface area (Å²) in [6.07, 6.45) is 0.435. The number of hydrogen-bond acceptors (Lipinski definition) is 4. The van der Waals surface area contributed by atoms with E-state index in [1.54, 1.807) is 5.38 Å². The lowest BCUT2D eigenvalue weighted by atomic mass is 10.3. The van der Waals surface area contributed by atoms with Crippen molar-refractivity contribution in [2.24, 2.45) is 0 Å². The number of aromatic nitrogens is 2. The first kappa shape index (κ1) is 7.14. The molecule has 0 aliphatic carbocycles. The third kappa shape index (κ3) is 2.10. The van der Waals surface area contributed by atoms with Gasteiger partial charge in [-0.05, 0) is 11.5 Å². The van der Waals surface area contributed by atoms with Crippen LogP contribution in [-0.4, -0.2) is 15.6 Å². The molecule has 0 aromatic carbocycles. The molecule has 1 rings (SSSR count). The van der Waals surface area contributed by atoms with E-state index in [-0.39, 0.29) is 6.42 Å². The van der Waals surface area contributed by atoms with Gasteiger partial charge in [-0.15, -0.1) is 5.10 Å². The molecule has 1 heterocycles. The molecule has 0 saturated carbocycles. The molecule has 1 aromatic rings. The van der Waals surface area contributed by atoms with Gasteiger partial charge in [-0.1, -0.05) is 4.49 Å². The van der Waals surface area contributed by atoms with Crippen molar-refractivity contribution in [1.29, 1.82) is 0 Å². The molecule has 10 heavy (non-hydrogen) atoms. The summed E-state index contributed by atoms with van der Waals surface area (Å²) < 4.78 is 3.58. The van der Waals surface area contributed by atoms with E-state index in [0.29, 0.717) is 12.1 Å². The Bertz CT molecular complexity index is 209. The van der Waals surface area contributed by atoms with Crippen LogP contribution in [0.2, 0.25) is 0 Å². The maximum atomic E-state index is 9.94. The summed E-state index contributed by atoms with van der Waals surface area (Å²) in [5, 5.41) is 15.3. The average molecular weight is 157 g/mol. The summed E-state index contributed by atoms with van der Waals surface area (Å²) >= 11 is 1.22. The lowest BCUT2D eigenvalue weighted by Gasteiger charge is -1.85. The summed E-state index contributed by atoms with van der Waals surface area (Å²) in [6.45, 7) is 0. The van der Waals surface area contributed by atoms with E-state index in [1.165, 1.54) is 11.5 Å². The minimum absolute atomic E-state index is 0.0193. The molecular formula is C5H5N2O2S. The Labute approximate surface area is 61.7 Å². The van der Waals surface area contributed by atoms with Gasteiger partial charge in [0.25, 0.3) is 0 Å².